The van der Waals surface area contributed by atoms with Crippen molar-refractivity contribution in [3.05, 3.63) is 53.7 Å². The lowest BCUT2D eigenvalue weighted by molar-refractivity contribution is -0.00000634. The number of benzene rings is 1. The van der Waals surface area contributed by atoms with E-state index >= 15 is 0 Å². The fraction of sp³-hybridized carbons (Fsp3) is 0.154. The zero-order chi connectivity index (χ0) is 13.2. The number of hydrogen-bond acceptors (Lipinski definition) is 3. The summed E-state index contributed by atoms with van der Waals surface area (Å²) in [7, 11) is -3.56. The molecular formula is C13H14FN2O2S-. The second-order valence-corrected chi connectivity index (χ2v) is 5.77. The van der Waals surface area contributed by atoms with Crippen LogP contribution in [0.5, 0.6) is 0 Å². The number of aryl methyl sites for hydroxylation is 2. The number of nitrogens with one attached hydrogen (secondary N) is 1. The quantitative estimate of drug-likeness (QED) is 0.825. The van der Waals surface area contributed by atoms with Gasteiger partial charge in [-0.05, 0) is 38.1 Å². The molecule has 102 valence electrons. The van der Waals surface area contributed by atoms with Crippen LogP contribution in [-0.2, 0) is 10.0 Å². The van der Waals surface area contributed by atoms with Crippen LogP contribution in [0.1, 0.15) is 11.3 Å². The summed E-state index contributed by atoms with van der Waals surface area (Å²) in [6.45, 7) is 3.72. The third-order valence-electron chi connectivity index (χ3n) is 2.46. The van der Waals surface area contributed by atoms with Gasteiger partial charge < -0.3 is 4.70 Å². The lowest BCUT2D eigenvalue weighted by Gasteiger charge is -2.07. The number of rotatable bonds is 3. The first kappa shape index (κ1) is 15.1. The highest BCUT2D eigenvalue weighted by Crippen LogP contribution is 2.15. The topological polar surface area (TPSA) is 59.1 Å². The van der Waals surface area contributed by atoms with Crippen LogP contribution in [0.3, 0.4) is 0 Å². The Labute approximate surface area is 111 Å². The van der Waals surface area contributed by atoms with Gasteiger partial charge in [-0.1, -0.05) is 23.8 Å². The average molecular weight is 281 g/mol. The average Bonchev–Trinajstić information content (AvgIpc) is 2.29. The number of anilines is 1. The number of nitrogens with zero attached hydrogens (tertiary/aromatic N) is 1. The van der Waals surface area contributed by atoms with E-state index in [4.69, 9.17) is 0 Å². The third kappa shape index (κ3) is 3.75. The van der Waals surface area contributed by atoms with Gasteiger partial charge in [-0.2, -0.15) is 0 Å². The molecule has 0 amide bonds. The largest absolute Gasteiger partial charge is 1.00 e. The van der Waals surface area contributed by atoms with Crippen molar-refractivity contribution in [3.8, 4) is 0 Å². The zero-order valence-corrected chi connectivity index (χ0v) is 11.4. The summed E-state index contributed by atoms with van der Waals surface area (Å²) >= 11 is 0. The Balaban J connectivity index is 0.00000180. The Morgan fingerprint density at radius 2 is 1.63 bits per heavy atom. The minimum atomic E-state index is -3.56. The van der Waals surface area contributed by atoms with Gasteiger partial charge in [0.2, 0.25) is 0 Å². The van der Waals surface area contributed by atoms with Crippen LogP contribution in [0.25, 0.3) is 0 Å². The molecule has 19 heavy (non-hydrogen) atoms. The normalized spacial score (nSPS) is 10.6. The number of halogens is 1. The summed E-state index contributed by atoms with van der Waals surface area (Å²) in [6.07, 6.45) is 0. The van der Waals surface area contributed by atoms with Crippen molar-refractivity contribution in [1.82, 2.24) is 4.98 Å². The van der Waals surface area contributed by atoms with E-state index in [2.05, 4.69) is 9.71 Å². The van der Waals surface area contributed by atoms with E-state index in [0.29, 0.717) is 5.82 Å². The monoisotopic (exact) mass is 281 g/mol. The van der Waals surface area contributed by atoms with E-state index in [1.54, 1.807) is 36.4 Å². The molecule has 2 rings (SSSR count). The SMILES string of the molecule is Cc1ccc(S(=O)(=O)Nc2cccc(C)n2)cc1.[F-]. The van der Waals surface area contributed by atoms with Crippen LogP contribution in [0.2, 0.25) is 0 Å². The van der Waals surface area contributed by atoms with Gasteiger partial charge in [0.15, 0.2) is 0 Å². The highest BCUT2D eigenvalue weighted by Gasteiger charge is 2.14. The van der Waals surface area contributed by atoms with Crippen molar-refractivity contribution in [1.29, 1.82) is 0 Å². The molecule has 0 saturated carbocycles. The van der Waals surface area contributed by atoms with E-state index in [-0.39, 0.29) is 9.60 Å². The predicted molar refractivity (Wildman–Crippen MR) is 71.0 cm³/mol. The van der Waals surface area contributed by atoms with Gasteiger partial charge >= 0.3 is 0 Å². The standard InChI is InChI=1S/C13H14N2O2S.FH/c1-10-6-8-12(9-7-10)18(16,17)15-13-5-3-4-11(2)14-13;/h3-9H,1-2H3,(H,14,15);1H/p-1. The molecular weight excluding hydrogens is 267 g/mol. The van der Waals surface area contributed by atoms with E-state index < -0.39 is 10.0 Å². The predicted octanol–water partition coefficient (Wildman–Crippen LogP) is -0.497. The molecule has 1 heterocycles. The van der Waals surface area contributed by atoms with Gasteiger partial charge in [0.1, 0.15) is 5.82 Å². The van der Waals surface area contributed by atoms with Gasteiger partial charge in [0.25, 0.3) is 10.0 Å². The fourth-order valence-corrected chi connectivity index (χ4v) is 2.52. The minimum absolute atomic E-state index is 0. The van der Waals surface area contributed by atoms with E-state index in [0.717, 1.165) is 11.3 Å². The van der Waals surface area contributed by atoms with Crippen LogP contribution in [-0.4, -0.2) is 13.4 Å². The third-order valence-corrected chi connectivity index (χ3v) is 3.83. The number of sulfonamides is 1. The van der Waals surface area contributed by atoms with E-state index in [1.807, 2.05) is 19.9 Å². The number of aromatic nitrogens is 1. The summed E-state index contributed by atoms with van der Waals surface area (Å²) in [5, 5.41) is 0. The lowest BCUT2D eigenvalue weighted by Crippen LogP contribution is -3.00. The second-order valence-electron chi connectivity index (χ2n) is 4.08. The van der Waals surface area contributed by atoms with Crippen LogP contribution < -0.4 is 9.43 Å². The molecule has 0 fully saturated rings. The maximum absolute atomic E-state index is 12.1. The fourth-order valence-electron chi connectivity index (χ4n) is 1.51. The van der Waals surface area contributed by atoms with Gasteiger partial charge in [0, 0.05) is 5.69 Å². The molecule has 0 saturated heterocycles. The van der Waals surface area contributed by atoms with Gasteiger partial charge in [-0.15, -0.1) is 0 Å². The van der Waals surface area contributed by atoms with Gasteiger partial charge in [-0.3, -0.25) is 4.72 Å². The molecule has 0 aliphatic carbocycles. The maximum Gasteiger partial charge on any atom is 0.263 e. The molecule has 6 heteroatoms. The Morgan fingerprint density at radius 3 is 2.21 bits per heavy atom. The van der Waals surface area contributed by atoms with Crippen molar-refractivity contribution in [2.24, 2.45) is 0 Å². The Kier molecular flexibility index (Phi) is 4.61. The van der Waals surface area contributed by atoms with Crippen molar-refractivity contribution >= 4 is 15.8 Å². The molecule has 0 aliphatic heterocycles. The lowest BCUT2D eigenvalue weighted by atomic mass is 10.2. The molecule has 0 spiro atoms. The summed E-state index contributed by atoms with van der Waals surface area (Å²) in [6, 6.07) is 11.9. The molecule has 1 N–H and O–H groups in total. The van der Waals surface area contributed by atoms with Gasteiger partial charge in [-0.25, -0.2) is 13.4 Å². The van der Waals surface area contributed by atoms with Crippen LogP contribution in [0.15, 0.2) is 47.4 Å². The van der Waals surface area contributed by atoms with E-state index in [1.165, 1.54) is 0 Å². The van der Waals surface area contributed by atoms with Crippen LogP contribution >= 0.6 is 0 Å². The summed E-state index contributed by atoms with van der Waals surface area (Å²) in [5.41, 5.74) is 1.78. The molecule has 0 unspecified atom stereocenters. The van der Waals surface area contributed by atoms with Crippen LogP contribution in [0, 0.1) is 13.8 Å². The second kappa shape index (κ2) is 5.79. The smallest absolute Gasteiger partial charge is 0.263 e. The first-order chi connectivity index (χ1) is 8.47. The number of hydrogen-bond donors (Lipinski definition) is 1. The molecule has 0 bridgehead atoms. The van der Waals surface area contributed by atoms with Crippen LogP contribution in [0.4, 0.5) is 5.82 Å². The Bertz CT molecular complexity index is 655. The summed E-state index contributed by atoms with van der Waals surface area (Å²) in [5.74, 6) is 0.329. The Hall–Kier alpha value is -1.95. The highest BCUT2D eigenvalue weighted by atomic mass is 32.2. The highest BCUT2D eigenvalue weighted by molar-refractivity contribution is 7.92. The molecule has 4 nitrogen and oxygen atoms in total. The molecule has 0 radical (unpaired) electrons. The molecule has 0 aliphatic rings. The van der Waals surface area contributed by atoms with Crippen molar-refractivity contribution < 1.29 is 13.1 Å². The molecule has 2 aromatic rings. The number of pyridine rings is 1. The molecule has 1 aromatic heterocycles. The van der Waals surface area contributed by atoms with Crippen molar-refractivity contribution in [2.75, 3.05) is 4.72 Å². The summed E-state index contributed by atoms with van der Waals surface area (Å²) in [4.78, 5) is 4.34. The first-order valence-corrected chi connectivity index (χ1v) is 6.99. The maximum atomic E-state index is 12.1. The van der Waals surface area contributed by atoms with Gasteiger partial charge in [0.05, 0.1) is 4.90 Å². The zero-order valence-electron chi connectivity index (χ0n) is 10.6. The summed E-state index contributed by atoms with van der Waals surface area (Å²) < 4.78 is 26.6. The van der Waals surface area contributed by atoms with Crippen molar-refractivity contribution in [2.45, 2.75) is 18.7 Å². The van der Waals surface area contributed by atoms with Crippen molar-refractivity contribution in [3.63, 3.8) is 0 Å². The Morgan fingerprint density at radius 1 is 1.00 bits per heavy atom. The van der Waals surface area contributed by atoms with E-state index in [9.17, 15) is 8.42 Å². The minimum Gasteiger partial charge on any atom is -1.00 e. The molecule has 0 atom stereocenters. The first-order valence-electron chi connectivity index (χ1n) is 5.50. The molecule has 1 aromatic carbocycles.